The molecule has 6 nitrogen and oxygen atoms in total. The van der Waals surface area contributed by atoms with E-state index in [1.165, 1.54) is 33.1 Å². The summed E-state index contributed by atoms with van der Waals surface area (Å²) in [7, 11) is 2.59. The highest BCUT2D eigenvalue weighted by molar-refractivity contribution is 5.97. The zero-order valence-corrected chi connectivity index (χ0v) is 15.5. The Hall–Kier alpha value is -2.60. The van der Waals surface area contributed by atoms with E-state index in [0.717, 1.165) is 18.7 Å². The van der Waals surface area contributed by atoms with Gasteiger partial charge in [0.1, 0.15) is 11.5 Å². The van der Waals surface area contributed by atoms with Gasteiger partial charge in [0.25, 0.3) is 0 Å². The average molecular weight is 359 g/mol. The topological polar surface area (TPSA) is 77.8 Å². The number of carbonyl (C=O) groups is 2. The zero-order valence-electron chi connectivity index (χ0n) is 15.5. The van der Waals surface area contributed by atoms with Crippen LogP contribution in [0.5, 0.6) is 0 Å². The van der Waals surface area contributed by atoms with Crippen LogP contribution < -0.4 is 5.32 Å². The van der Waals surface area contributed by atoms with Crippen molar-refractivity contribution in [2.75, 3.05) is 20.8 Å². The Bertz CT molecular complexity index is 716. The standard InChI is InChI=1S/C20H25NO5/c1-4-5-6-9-21-13-17-7-8-18(26-17)14-10-15(19(22)24-2)12-16(11-14)20(23)25-3/h7-8,10-12,21H,4-6,9,13H2,1-3H3. The fourth-order valence-corrected chi connectivity index (χ4v) is 2.58. The number of benzene rings is 1. The second kappa shape index (κ2) is 9.77. The number of ether oxygens (including phenoxy) is 2. The molecule has 0 saturated heterocycles. The van der Waals surface area contributed by atoms with E-state index >= 15 is 0 Å². The van der Waals surface area contributed by atoms with Gasteiger partial charge in [0.2, 0.25) is 0 Å². The molecule has 1 heterocycles. The molecule has 140 valence electrons. The van der Waals surface area contributed by atoms with Gasteiger partial charge in [-0.3, -0.25) is 0 Å². The maximum atomic E-state index is 11.9. The van der Waals surface area contributed by atoms with Crippen molar-refractivity contribution in [3.05, 3.63) is 47.2 Å². The largest absolute Gasteiger partial charge is 0.465 e. The van der Waals surface area contributed by atoms with Crippen LogP contribution >= 0.6 is 0 Å². The first-order chi connectivity index (χ1) is 12.6. The van der Waals surface area contributed by atoms with Gasteiger partial charge >= 0.3 is 11.9 Å². The highest BCUT2D eigenvalue weighted by atomic mass is 16.5. The first kappa shape index (κ1) is 19.7. The molecular weight excluding hydrogens is 334 g/mol. The van der Waals surface area contributed by atoms with Crippen LogP contribution in [0, 0.1) is 0 Å². The van der Waals surface area contributed by atoms with Crippen LogP contribution in [0.1, 0.15) is 52.7 Å². The van der Waals surface area contributed by atoms with Crippen LogP contribution in [0.25, 0.3) is 11.3 Å². The first-order valence-electron chi connectivity index (χ1n) is 8.70. The van der Waals surface area contributed by atoms with Crippen LogP contribution in [-0.4, -0.2) is 32.7 Å². The summed E-state index contributed by atoms with van der Waals surface area (Å²) >= 11 is 0. The Kier molecular flexibility index (Phi) is 7.41. The predicted molar refractivity (Wildman–Crippen MR) is 98.1 cm³/mol. The lowest BCUT2D eigenvalue weighted by atomic mass is 10.0. The minimum Gasteiger partial charge on any atom is -0.465 e. The van der Waals surface area contributed by atoms with Crippen molar-refractivity contribution in [1.29, 1.82) is 0 Å². The van der Waals surface area contributed by atoms with E-state index in [4.69, 9.17) is 13.9 Å². The number of hydrogen-bond donors (Lipinski definition) is 1. The monoisotopic (exact) mass is 359 g/mol. The van der Waals surface area contributed by atoms with Crippen molar-refractivity contribution in [2.45, 2.75) is 32.7 Å². The molecule has 0 aliphatic carbocycles. The molecule has 2 rings (SSSR count). The summed E-state index contributed by atoms with van der Waals surface area (Å²) in [5.41, 5.74) is 1.15. The Balaban J connectivity index is 2.19. The van der Waals surface area contributed by atoms with Gasteiger partial charge in [-0.05, 0) is 43.3 Å². The van der Waals surface area contributed by atoms with Gasteiger partial charge in [-0.2, -0.15) is 0 Å². The number of furan rings is 1. The lowest BCUT2D eigenvalue weighted by Crippen LogP contribution is -2.13. The molecule has 0 aliphatic rings. The maximum absolute atomic E-state index is 11.9. The minimum atomic E-state index is -0.527. The fourth-order valence-electron chi connectivity index (χ4n) is 2.58. The molecule has 0 saturated carbocycles. The van der Waals surface area contributed by atoms with Crippen molar-refractivity contribution in [3.8, 4) is 11.3 Å². The zero-order chi connectivity index (χ0) is 18.9. The molecule has 1 aromatic heterocycles. The van der Waals surface area contributed by atoms with E-state index in [9.17, 15) is 9.59 Å². The van der Waals surface area contributed by atoms with Gasteiger partial charge in [0, 0.05) is 5.56 Å². The van der Waals surface area contributed by atoms with Crippen LogP contribution in [0.15, 0.2) is 34.7 Å². The van der Waals surface area contributed by atoms with E-state index in [1.807, 2.05) is 12.1 Å². The van der Waals surface area contributed by atoms with Crippen molar-refractivity contribution in [2.24, 2.45) is 0 Å². The van der Waals surface area contributed by atoms with E-state index in [0.29, 0.717) is 17.9 Å². The summed E-state index contributed by atoms with van der Waals surface area (Å²) in [6, 6.07) is 8.41. The fraction of sp³-hybridized carbons (Fsp3) is 0.400. The van der Waals surface area contributed by atoms with Crippen LogP contribution in [0.2, 0.25) is 0 Å². The number of carbonyl (C=O) groups excluding carboxylic acids is 2. The summed E-state index contributed by atoms with van der Waals surface area (Å²) in [6.07, 6.45) is 3.52. The second-order valence-corrected chi connectivity index (χ2v) is 5.93. The van der Waals surface area contributed by atoms with Gasteiger partial charge in [0.05, 0.1) is 31.9 Å². The molecule has 6 heteroatoms. The lowest BCUT2D eigenvalue weighted by molar-refractivity contribution is 0.0599. The molecule has 1 N–H and O–H groups in total. The Morgan fingerprint density at radius 2 is 1.65 bits per heavy atom. The molecule has 0 radical (unpaired) electrons. The van der Waals surface area contributed by atoms with Crippen molar-refractivity contribution in [3.63, 3.8) is 0 Å². The number of esters is 2. The minimum absolute atomic E-state index is 0.265. The Morgan fingerprint density at radius 3 is 2.23 bits per heavy atom. The molecule has 1 aromatic carbocycles. The molecule has 0 bridgehead atoms. The average Bonchev–Trinajstić information content (AvgIpc) is 3.15. The third-order valence-electron chi connectivity index (χ3n) is 3.98. The summed E-state index contributed by atoms with van der Waals surface area (Å²) in [4.78, 5) is 23.8. The van der Waals surface area contributed by atoms with Gasteiger partial charge < -0.3 is 19.2 Å². The Morgan fingerprint density at radius 1 is 1.00 bits per heavy atom. The molecule has 0 atom stereocenters. The van der Waals surface area contributed by atoms with E-state index < -0.39 is 11.9 Å². The molecular formula is C20H25NO5. The number of unbranched alkanes of at least 4 members (excludes halogenated alkanes) is 2. The maximum Gasteiger partial charge on any atom is 0.337 e. The second-order valence-electron chi connectivity index (χ2n) is 5.93. The first-order valence-corrected chi connectivity index (χ1v) is 8.70. The third-order valence-corrected chi connectivity index (χ3v) is 3.98. The third kappa shape index (κ3) is 5.20. The van der Waals surface area contributed by atoms with Gasteiger partial charge in [-0.15, -0.1) is 0 Å². The highest BCUT2D eigenvalue weighted by Crippen LogP contribution is 2.25. The van der Waals surface area contributed by atoms with Gasteiger partial charge in [-0.25, -0.2) is 9.59 Å². The molecule has 0 spiro atoms. The lowest BCUT2D eigenvalue weighted by Gasteiger charge is -2.06. The number of nitrogens with one attached hydrogen (secondary N) is 1. The van der Waals surface area contributed by atoms with Gasteiger partial charge in [0.15, 0.2) is 0 Å². The quantitative estimate of drug-likeness (QED) is 0.542. The van der Waals surface area contributed by atoms with Crippen molar-refractivity contribution in [1.82, 2.24) is 5.32 Å². The predicted octanol–water partition coefficient (Wildman–Crippen LogP) is 3.80. The number of methoxy groups -OCH3 is 2. The molecule has 0 aliphatic heterocycles. The SMILES string of the molecule is CCCCCNCc1ccc(-c2cc(C(=O)OC)cc(C(=O)OC)c2)o1. The molecule has 2 aromatic rings. The summed E-state index contributed by atoms with van der Waals surface area (Å²) in [5.74, 6) is 0.314. The van der Waals surface area contributed by atoms with E-state index in [2.05, 4.69) is 12.2 Å². The molecule has 0 fully saturated rings. The summed E-state index contributed by atoms with van der Waals surface area (Å²) in [6.45, 7) is 3.74. The van der Waals surface area contributed by atoms with Crippen molar-refractivity contribution >= 4 is 11.9 Å². The van der Waals surface area contributed by atoms with Gasteiger partial charge in [-0.1, -0.05) is 19.8 Å². The van der Waals surface area contributed by atoms with Crippen LogP contribution in [0.4, 0.5) is 0 Å². The van der Waals surface area contributed by atoms with Crippen LogP contribution in [-0.2, 0) is 16.0 Å². The summed E-state index contributed by atoms with van der Waals surface area (Å²) < 4.78 is 15.4. The highest BCUT2D eigenvalue weighted by Gasteiger charge is 2.16. The normalized spacial score (nSPS) is 10.6. The van der Waals surface area contributed by atoms with Crippen molar-refractivity contribution < 1.29 is 23.5 Å². The number of rotatable bonds is 9. The van der Waals surface area contributed by atoms with E-state index in [-0.39, 0.29) is 11.1 Å². The number of hydrogen-bond acceptors (Lipinski definition) is 6. The summed E-state index contributed by atoms with van der Waals surface area (Å²) in [5, 5.41) is 3.34. The molecule has 26 heavy (non-hydrogen) atoms. The Labute approximate surface area is 153 Å². The molecule has 0 amide bonds. The van der Waals surface area contributed by atoms with E-state index in [1.54, 1.807) is 12.1 Å². The smallest absolute Gasteiger partial charge is 0.337 e. The molecule has 0 unspecified atom stereocenters. The van der Waals surface area contributed by atoms with Crippen LogP contribution in [0.3, 0.4) is 0 Å².